The molecule has 0 bridgehead atoms. The van der Waals surface area contributed by atoms with Crippen molar-refractivity contribution in [2.45, 2.75) is 18.9 Å². The van der Waals surface area contributed by atoms with Crippen LogP contribution >= 0.6 is 0 Å². The van der Waals surface area contributed by atoms with Gasteiger partial charge in [0.25, 0.3) is 0 Å². The van der Waals surface area contributed by atoms with Crippen LogP contribution in [0.4, 0.5) is 0 Å². The number of carboxylic acids is 1. The molecule has 98 valence electrons. The summed E-state index contributed by atoms with van der Waals surface area (Å²) in [4.78, 5) is 14.6. The van der Waals surface area contributed by atoms with Gasteiger partial charge in [-0.15, -0.1) is 0 Å². The van der Waals surface area contributed by atoms with Crippen LogP contribution in [0.15, 0.2) is 4.99 Å². The third-order valence-electron chi connectivity index (χ3n) is 1.90. The predicted octanol–water partition coefficient (Wildman–Crippen LogP) is -2.26. The molecule has 0 aromatic heterocycles. The maximum Gasteiger partial charge on any atom is 0.320 e. The van der Waals surface area contributed by atoms with E-state index in [1.54, 1.807) is 7.05 Å². The number of rotatable bonds is 6. The van der Waals surface area contributed by atoms with E-state index in [1.165, 1.54) is 0 Å². The average molecular weight is 245 g/mol. The number of carbonyl (C=O) groups is 1. The lowest BCUT2D eigenvalue weighted by atomic mass is 10.1. The molecule has 0 aromatic carbocycles. The van der Waals surface area contributed by atoms with E-state index in [1.807, 2.05) is 0 Å². The highest BCUT2D eigenvalue weighted by Gasteiger charge is 2.13. The van der Waals surface area contributed by atoms with Crippen molar-refractivity contribution in [2.75, 3.05) is 13.6 Å². The molecule has 0 radical (unpaired) electrons. The van der Waals surface area contributed by atoms with E-state index in [0.29, 0.717) is 19.4 Å². The molecule has 0 aliphatic carbocycles. The van der Waals surface area contributed by atoms with Gasteiger partial charge in [0.2, 0.25) is 11.9 Å². The van der Waals surface area contributed by atoms with E-state index in [2.05, 4.69) is 21.2 Å². The number of hydrogen-bond donors (Lipinski definition) is 7. The normalized spacial score (nSPS) is 12.9. The smallest absolute Gasteiger partial charge is 0.320 e. The minimum Gasteiger partial charge on any atom is -0.480 e. The van der Waals surface area contributed by atoms with Crippen LogP contribution < -0.4 is 27.6 Å². The minimum atomic E-state index is -0.888. The van der Waals surface area contributed by atoms with E-state index < -0.39 is 12.0 Å². The highest BCUT2D eigenvalue weighted by atomic mass is 16.4. The molecule has 0 rings (SSSR count). The Morgan fingerprint density at radius 2 is 2.12 bits per heavy atom. The van der Waals surface area contributed by atoms with Crippen molar-refractivity contribution in [1.29, 1.82) is 5.41 Å². The first kappa shape index (κ1) is 15.0. The maximum atomic E-state index is 10.7. The van der Waals surface area contributed by atoms with Crippen LogP contribution in [0, 0.1) is 5.41 Å². The fourth-order valence-corrected chi connectivity index (χ4v) is 1.06. The lowest BCUT2D eigenvalue weighted by molar-refractivity contribution is -0.139. The second kappa shape index (κ2) is 8.16. The predicted molar refractivity (Wildman–Crippen MR) is 64.4 cm³/mol. The first-order chi connectivity index (χ1) is 7.97. The lowest BCUT2D eigenvalue weighted by Crippen LogP contribution is -2.48. The van der Waals surface area contributed by atoms with Gasteiger partial charge in [0, 0.05) is 6.54 Å². The van der Waals surface area contributed by atoms with Crippen LogP contribution in [0.2, 0.25) is 0 Å². The van der Waals surface area contributed by atoms with Crippen LogP contribution in [0.5, 0.6) is 0 Å². The summed E-state index contributed by atoms with van der Waals surface area (Å²) in [5.41, 5.74) is 15.1. The number of carboxylic acid groups (broad SMARTS) is 1. The summed E-state index contributed by atoms with van der Waals surface area (Å²) in [6.07, 6.45) is 1.04. The second-order valence-electron chi connectivity index (χ2n) is 3.25. The maximum absolute atomic E-state index is 10.7. The fraction of sp³-hybridized carbons (Fsp3) is 0.625. The van der Waals surface area contributed by atoms with Crippen molar-refractivity contribution >= 4 is 17.9 Å². The lowest BCUT2D eigenvalue weighted by Gasteiger charge is -2.10. The van der Waals surface area contributed by atoms with Crippen molar-refractivity contribution in [2.24, 2.45) is 16.5 Å². The van der Waals surface area contributed by atoms with Crippen molar-refractivity contribution < 1.29 is 9.90 Å². The monoisotopic (exact) mass is 245 g/mol. The number of nitrogens with two attached hydrogens (primary N) is 2. The molecule has 9 nitrogen and oxygen atoms in total. The van der Waals surface area contributed by atoms with Gasteiger partial charge in [0.05, 0.1) is 0 Å². The summed E-state index contributed by atoms with van der Waals surface area (Å²) < 4.78 is 0. The van der Waals surface area contributed by atoms with E-state index in [0.717, 1.165) is 0 Å². The molecule has 9 N–H and O–H groups in total. The second-order valence-corrected chi connectivity index (χ2v) is 3.25. The molecule has 0 amide bonds. The van der Waals surface area contributed by atoms with Gasteiger partial charge < -0.3 is 21.9 Å². The van der Waals surface area contributed by atoms with Gasteiger partial charge >= 0.3 is 5.97 Å². The Kier molecular flexibility index (Phi) is 7.19. The largest absolute Gasteiger partial charge is 0.480 e. The number of guanidine groups is 2. The summed E-state index contributed by atoms with van der Waals surface area (Å²) in [5.74, 6) is -1.07. The van der Waals surface area contributed by atoms with Crippen molar-refractivity contribution in [3.8, 4) is 0 Å². The number of hydrogen-bond acceptors (Lipinski definition) is 4. The Balaban J connectivity index is 3.77. The van der Waals surface area contributed by atoms with Crippen molar-refractivity contribution in [1.82, 2.24) is 16.2 Å². The van der Waals surface area contributed by atoms with E-state index >= 15 is 0 Å². The molecule has 0 aliphatic heterocycles. The van der Waals surface area contributed by atoms with Gasteiger partial charge in [-0.2, -0.15) is 0 Å². The van der Waals surface area contributed by atoms with E-state index in [4.69, 9.17) is 22.0 Å². The molecule has 1 atom stereocenters. The van der Waals surface area contributed by atoms with Gasteiger partial charge in [-0.05, 0) is 19.9 Å². The standard InChI is InChI=1S/C8H19N7O2/c1-12-5(6(16)17)3-2-4-13-8(11)15-14-7(9)10/h5,12H,2-4H2,1H3,(H,16,17)(H4,9,10,14)(H3,11,13,15). The third-order valence-corrected chi connectivity index (χ3v) is 1.90. The average Bonchev–Trinajstić information content (AvgIpc) is 2.25. The SMILES string of the molecule is CNC(CCCN=C(N)NNC(=N)N)C(=O)O. The topological polar surface area (TPSA) is 162 Å². The zero-order chi connectivity index (χ0) is 13.3. The summed E-state index contributed by atoms with van der Waals surface area (Å²) >= 11 is 0. The Morgan fingerprint density at radius 3 is 2.59 bits per heavy atom. The minimum absolute atomic E-state index is 0.0940. The Hall–Kier alpha value is -2.03. The van der Waals surface area contributed by atoms with Gasteiger partial charge in [-0.25, -0.2) is 0 Å². The zero-order valence-corrected chi connectivity index (χ0v) is 9.66. The first-order valence-corrected chi connectivity index (χ1v) is 5.03. The van der Waals surface area contributed by atoms with Gasteiger partial charge in [-0.3, -0.25) is 26.0 Å². The van der Waals surface area contributed by atoms with E-state index in [9.17, 15) is 4.79 Å². The summed E-state index contributed by atoms with van der Waals surface area (Å²) in [7, 11) is 1.59. The van der Waals surface area contributed by atoms with Crippen molar-refractivity contribution in [3.63, 3.8) is 0 Å². The molecule has 0 saturated heterocycles. The highest BCUT2D eigenvalue weighted by molar-refractivity contribution is 5.82. The molecule has 9 heteroatoms. The number of aliphatic carboxylic acids is 1. The quantitative estimate of drug-likeness (QED) is 0.120. The molecular weight excluding hydrogens is 226 g/mol. The molecule has 0 heterocycles. The molecule has 1 unspecified atom stereocenters. The molecule has 0 aromatic rings. The summed E-state index contributed by atoms with van der Waals surface area (Å²) in [6, 6.07) is -0.574. The van der Waals surface area contributed by atoms with Crippen LogP contribution in [-0.2, 0) is 4.79 Å². The first-order valence-electron chi connectivity index (χ1n) is 5.03. The molecule has 0 aliphatic rings. The Morgan fingerprint density at radius 1 is 1.47 bits per heavy atom. The van der Waals surface area contributed by atoms with Crippen molar-refractivity contribution in [3.05, 3.63) is 0 Å². The van der Waals surface area contributed by atoms with Gasteiger partial charge in [0.1, 0.15) is 6.04 Å². The van der Waals surface area contributed by atoms with Crippen LogP contribution in [-0.4, -0.2) is 42.6 Å². The summed E-state index contributed by atoms with van der Waals surface area (Å²) in [6.45, 7) is 0.393. The summed E-state index contributed by atoms with van der Waals surface area (Å²) in [5, 5.41) is 18.3. The highest BCUT2D eigenvalue weighted by Crippen LogP contribution is 1.97. The zero-order valence-electron chi connectivity index (χ0n) is 9.66. The molecular formula is C8H19N7O2. The molecule has 0 fully saturated rings. The Bertz CT molecular complexity index is 292. The van der Waals surface area contributed by atoms with Gasteiger partial charge in [0.15, 0.2) is 0 Å². The number of aliphatic imine (C=N–C) groups is 1. The number of nitrogens with zero attached hydrogens (tertiary/aromatic N) is 1. The molecule has 0 saturated carbocycles. The fourth-order valence-electron chi connectivity index (χ4n) is 1.06. The van der Waals surface area contributed by atoms with E-state index in [-0.39, 0.29) is 11.9 Å². The molecule has 0 spiro atoms. The Labute approximate surface area is 99.1 Å². The third kappa shape index (κ3) is 7.85. The number of nitrogens with one attached hydrogen (secondary N) is 4. The molecule has 17 heavy (non-hydrogen) atoms. The van der Waals surface area contributed by atoms with Crippen LogP contribution in [0.25, 0.3) is 0 Å². The van der Waals surface area contributed by atoms with Gasteiger partial charge in [-0.1, -0.05) is 0 Å². The van der Waals surface area contributed by atoms with Crippen LogP contribution in [0.3, 0.4) is 0 Å². The number of hydrazine groups is 1. The van der Waals surface area contributed by atoms with Crippen LogP contribution in [0.1, 0.15) is 12.8 Å². The number of likely N-dealkylation sites (N-methyl/N-ethyl adjacent to an activating group) is 1.